The van der Waals surface area contributed by atoms with Crippen molar-refractivity contribution in [2.75, 3.05) is 38.6 Å². The van der Waals surface area contributed by atoms with E-state index in [4.69, 9.17) is 9.97 Å². The molecule has 33 heavy (non-hydrogen) atoms. The molecule has 3 aliphatic rings. The summed E-state index contributed by atoms with van der Waals surface area (Å²) in [7, 11) is 4.44. The summed E-state index contributed by atoms with van der Waals surface area (Å²) < 4.78 is 0. The number of rotatable bonds is 9. The summed E-state index contributed by atoms with van der Waals surface area (Å²) in [4.78, 5) is 29.2. The van der Waals surface area contributed by atoms with Gasteiger partial charge in [0.15, 0.2) is 0 Å². The zero-order chi connectivity index (χ0) is 23.8. The second-order valence-electron chi connectivity index (χ2n) is 11.8. The van der Waals surface area contributed by atoms with Gasteiger partial charge in [-0.25, -0.2) is 9.97 Å². The molecule has 0 aromatic carbocycles. The zero-order valence-corrected chi connectivity index (χ0v) is 21.8. The van der Waals surface area contributed by atoms with E-state index in [1.807, 2.05) is 26.2 Å². The van der Waals surface area contributed by atoms with Crippen molar-refractivity contribution in [2.24, 2.45) is 23.2 Å². The number of Topliss-reactive ketones (excluding diaryl/α,β-unsaturated/α-hetero) is 1. The van der Waals surface area contributed by atoms with Crippen molar-refractivity contribution in [1.82, 2.24) is 19.8 Å². The molecule has 2 atom stereocenters. The monoisotopic (exact) mass is 455 g/mol. The minimum absolute atomic E-state index is 0.194. The van der Waals surface area contributed by atoms with Crippen molar-refractivity contribution in [3.8, 4) is 0 Å². The van der Waals surface area contributed by atoms with Gasteiger partial charge in [0.2, 0.25) is 5.95 Å². The average molecular weight is 456 g/mol. The van der Waals surface area contributed by atoms with Gasteiger partial charge in [-0.2, -0.15) is 0 Å². The number of nitrogens with zero attached hydrogens (tertiary/aromatic N) is 5. The van der Waals surface area contributed by atoms with Crippen molar-refractivity contribution in [2.45, 2.75) is 84.8 Å². The molecule has 6 heteroatoms. The maximum absolute atomic E-state index is 12.2. The predicted molar refractivity (Wildman–Crippen MR) is 134 cm³/mol. The zero-order valence-electron chi connectivity index (χ0n) is 21.8. The Kier molecular flexibility index (Phi) is 7.44. The Morgan fingerprint density at radius 1 is 1.09 bits per heavy atom. The highest BCUT2D eigenvalue weighted by molar-refractivity contribution is 5.83. The Balaban J connectivity index is 1.25. The van der Waals surface area contributed by atoms with Crippen molar-refractivity contribution in [1.29, 1.82) is 0 Å². The highest BCUT2D eigenvalue weighted by atomic mass is 16.1. The van der Waals surface area contributed by atoms with E-state index in [2.05, 4.69) is 42.6 Å². The largest absolute Gasteiger partial charge is 0.332 e. The molecule has 1 spiro atoms. The number of anilines is 1. The van der Waals surface area contributed by atoms with Crippen LogP contribution >= 0.6 is 0 Å². The third-order valence-electron chi connectivity index (χ3n) is 8.49. The molecule has 1 aliphatic heterocycles. The van der Waals surface area contributed by atoms with E-state index in [1.54, 1.807) is 0 Å². The lowest BCUT2D eigenvalue weighted by molar-refractivity contribution is -0.142. The minimum atomic E-state index is 0.194. The van der Waals surface area contributed by atoms with Crippen LogP contribution in [-0.2, 0) is 11.3 Å². The molecular weight excluding hydrogens is 410 g/mol. The van der Waals surface area contributed by atoms with Gasteiger partial charge in [0, 0.05) is 68.1 Å². The Bertz CT molecular complexity index is 781. The molecule has 3 fully saturated rings. The maximum atomic E-state index is 12.2. The highest BCUT2D eigenvalue weighted by Gasteiger charge is 2.54. The molecule has 2 saturated carbocycles. The molecule has 0 bridgehead atoms. The van der Waals surface area contributed by atoms with Crippen LogP contribution < -0.4 is 4.90 Å². The van der Waals surface area contributed by atoms with E-state index in [9.17, 15) is 4.79 Å². The van der Waals surface area contributed by atoms with Crippen molar-refractivity contribution >= 4 is 11.7 Å². The summed E-state index contributed by atoms with van der Waals surface area (Å²) in [5.74, 6) is 2.69. The third kappa shape index (κ3) is 5.27. The van der Waals surface area contributed by atoms with Crippen LogP contribution in [-0.4, -0.2) is 71.4 Å². The van der Waals surface area contributed by atoms with Crippen LogP contribution in [0.4, 0.5) is 5.95 Å². The van der Waals surface area contributed by atoms with Crippen LogP contribution in [0.1, 0.15) is 71.8 Å². The van der Waals surface area contributed by atoms with Crippen LogP contribution in [0.2, 0.25) is 0 Å². The Morgan fingerprint density at radius 3 is 2.18 bits per heavy atom. The quantitative estimate of drug-likeness (QED) is 0.555. The molecule has 184 valence electrons. The molecule has 4 rings (SSSR count). The summed E-state index contributed by atoms with van der Waals surface area (Å²) in [6.45, 7) is 12.8. The lowest BCUT2D eigenvalue weighted by Gasteiger charge is -2.58. The topological polar surface area (TPSA) is 52.6 Å². The molecule has 0 amide bonds. The minimum Gasteiger partial charge on any atom is -0.332 e. The van der Waals surface area contributed by atoms with Gasteiger partial charge in [-0.1, -0.05) is 27.7 Å². The molecule has 0 N–H and O–H groups in total. The van der Waals surface area contributed by atoms with Gasteiger partial charge >= 0.3 is 0 Å². The van der Waals surface area contributed by atoms with Gasteiger partial charge < -0.3 is 14.7 Å². The second kappa shape index (κ2) is 9.99. The van der Waals surface area contributed by atoms with Gasteiger partial charge in [-0.15, -0.1) is 0 Å². The van der Waals surface area contributed by atoms with E-state index < -0.39 is 0 Å². The Hall–Kier alpha value is -1.53. The summed E-state index contributed by atoms with van der Waals surface area (Å²) in [6.07, 6.45) is 11.2. The van der Waals surface area contributed by atoms with Gasteiger partial charge in [0.05, 0.1) is 0 Å². The van der Waals surface area contributed by atoms with Gasteiger partial charge in [-0.3, -0.25) is 4.79 Å². The highest BCUT2D eigenvalue weighted by Crippen LogP contribution is 2.61. The van der Waals surface area contributed by atoms with E-state index in [-0.39, 0.29) is 5.92 Å². The van der Waals surface area contributed by atoms with E-state index in [0.29, 0.717) is 29.2 Å². The number of aromatic nitrogens is 2. The normalized spacial score (nSPS) is 32.3. The first kappa shape index (κ1) is 24.6. The summed E-state index contributed by atoms with van der Waals surface area (Å²) in [5, 5.41) is 0. The number of ketones is 1. The Labute approximate surface area is 201 Å². The van der Waals surface area contributed by atoms with Crippen LogP contribution in [0.25, 0.3) is 0 Å². The molecule has 2 heterocycles. The number of likely N-dealkylation sites (N-methyl/N-ethyl adjacent to an activating group) is 1. The number of piperazine rings is 1. The summed E-state index contributed by atoms with van der Waals surface area (Å²) >= 11 is 0. The average Bonchev–Trinajstić information content (AvgIpc) is 2.73. The lowest BCUT2D eigenvalue weighted by Crippen LogP contribution is -2.58. The SMILES string of the molecule is CCC1CN(C)CC(CC)N1c1ncc(CN(C)C[C@H]2CC3(C2)C[C@H](C(=O)C(C)C)C3)cn1. The van der Waals surface area contributed by atoms with E-state index >= 15 is 0 Å². The molecule has 1 aromatic rings. The molecule has 0 radical (unpaired) electrons. The summed E-state index contributed by atoms with van der Waals surface area (Å²) in [5.41, 5.74) is 1.69. The molecular formula is C27H45N5O. The van der Waals surface area contributed by atoms with E-state index in [1.165, 1.54) is 18.4 Å². The van der Waals surface area contributed by atoms with Gasteiger partial charge in [0.1, 0.15) is 5.78 Å². The van der Waals surface area contributed by atoms with Crippen LogP contribution in [0.3, 0.4) is 0 Å². The number of carbonyl (C=O) groups excluding carboxylic acids is 1. The molecule has 1 aromatic heterocycles. The van der Waals surface area contributed by atoms with E-state index in [0.717, 1.165) is 63.7 Å². The first-order valence-corrected chi connectivity index (χ1v) is 13.2. The number of hydrogen-bond acceptors (Lipinski definition) is 6. The molecule has 2 unspecified atom stereocenters. The van der Waals surface area contributed by atoms with Crippen molar-refractivity contribution in [3.63, 3.8) is 0 Å². The first-order valence-electron chi connectivity index (χ1n) is 13.2. The molecule has 2 aliphatic carbocycles. The maximum Gasteiger partial charge on any atom is 0.225 e. The predicted octanol–water partition coefficient (Wildman–Crippen LogP) is 4.25. The Morgan fingerprint density at radius 2 is 1.67 bits per heavy atom. The fourth-order valence-corrected chi connectivity index (χ4v) is 6.91. The standard InChI is InChI=1S/C27H45N5O/c1-7-23-17-31(6)18-24(8-2)32(23)26-28-13-21(14-29-26)16-30(5)15-20-9-27(10-20)11-22(12-27)25(33)19(3)4/h13-14,19-20,22-24H,7-12,15-18H2,1-6H3/t20-,22-,23?,24?,27?. The van der Waals surface area contributed by atoms with Crippen LogP contribution in [0.5, 0.6) is 0 Å². The second-order valence-corrected chi connectivity index (χ2v) is 11.8. The van der Waals surface area contributed by atoms with Gasteiger partial charge in [-0.05, 0) is 64.0 Å². The number of carbonyl (C=O) groups is 1. The van der Waals surface area contributed by atoms with Crippen LogP contribution in [0.15, 0.2) is 12.4 Å². The fraction of sp³-hybridized carbons (Fsp3) is 0.815. The summed E-state index contributed by atoms with van der Waals surface area (Å²) in [6, 6.07) is 0.963. The smallest absolute Gasteiger partial charge is 0.225 e. The third-order valence-corrected chi connectivity index (χ3v) is 8.49. The van der Waals surface area contributed by atoms with Crippen LogP contribution in [0, 0.1) is 23.2 Å². The van der Waals surface area contributed by atoms with Gasteiger partial charge in [0.25, 0.3) is 0 Å². The fourth-order valence-electron chi connectivity index (χ4n) is 6.91. The molecule has 1 saturated heterocycles. The lowest BCUT2D eigenvalue weighted by atomic mass is 9.47. The van der Waals surface area contributed by atoms with Crippen molar-refractivity contribution in [3.05, 3.63) is 18.0 Å². The first-order chi connectivity index (χ1) is 15.7. The molecule has 6 nitrogen and oxygen atoms in total. The number of hydrogen-bond donors (Lipinski definition) is 0. The van der Waals surface area contributed by atoms with Crippen molar-refractivity contribution < 1.29 is 4.79 Å².